The van der Waals surface area contributed by atoms with Crippen LogP contribution in [0.15, 0.2) is 202 Å². The van der Waals surface area contributed by atoms with Gasteiger partial charge in [-0.1, -0.05) is 157 Å². The van der Waals surface area contributed by atoms with E-state index in [4.69, 9.17) is 30.9 Å². The Morgan fingerprint density at radius 2 is 1.26 bits per heavy atom. The number of aliphatic imine (C=N–C) groups is 2. The second-order valence-electron chi connectivity index (χ2n) is 12.4. The van der Waals surface area contributed by atoms with Crippen LogP contribution in [0.2, 0.25) is 0 Å². The van der Waals surface area contributed by atoms with Crippen LogP contribution in [-0.2, 0) is 0 Å². The maximum absolute atomic E-state index is 9.25. The molecule has 10 rings (SSSR count). The number of hydrogen-bond acceptors (Lipinski definition) is 4. The van der Waals surface area contributed by atoms with E-state index in [9.17, 15) is 1.37 Å². The Morgan fingerprint density at radius 1 is 0.472 bits per heavy atom. The average molecular weight is 693 g/mol. The Kier molecular flexibility index (Phi) is 4.91. The van der Waals surface area contributed by atoms with Gasteiger partial charge in [0, 0.05) is 21.9 Å². The highest BCUT2D eigenvalue weighted by atomic mass is 16.3. The normalized spacial score (nSPS) is 17.7. The smallest absolute Gasteiger partial charge is 0.169 e. The number of para-hydroxylation sites is 1. The van der Waals surface area contributed by atoms with Crippen molar-refractivity contribution in [1.82, 2.24) is 5.32 Å². The number of benzene rings is 8. The molecular formula is C49H33N3O. The number of fused-ring (bicyclic) bond motifs is 4. The van der Waals surface area contributed by atoms with Gasteiger partial charge in [0.2, 0.25) is 0 Å². The quantitative estimate of drug-likeness (QED) is 0.189. The molecule has 1 atom stereocenters. The monoisotopic (exact) mass is 692 g/mol. The first-order valence-electron chi connectivity index (χ1n) is 23.4. The van der Waals surface area contributed by atoms with Gasteiger partial charge in [0.1, 0.15) is 22.8 Å². The lowest BCUT2D eigenvalue weighted by Crippen LogP contribution is -2.36. The van der Waals surface area contributed by atoms with Crippen LogP contribution < -0.4 is 5.32 Å². The van der Waals surface area contributed by atoms with Crippen molar-refractivity contribution in [2.45, 2.75) is 6.17 Å². The van der Waals surface area contributed by atoms with E-state index >= 15 is 0 Å². The Hall–Kier alpha value is -7.04. The van der Waals surface area contributed by atoms with Gasteiger partial charge in [0.05, 0.1) is 17.8 Å². The van der Waals surface area contributed by atoms with Crippen LogP contribution >= 0.6 is 0 Å². The number of hydrogen-bond donors (Lipinski definition) is 1. The molecule has 9 aromatic rings. The molecule has 8 aromatic carbocycles. The molecule has 1 N–H and O–H groups in total. The van der Waals surface area contributed by atoms with Crippen molar-refractivity contribution in [2.24, 2.45) is 9.98 Å². The summed E-state index contributed by atoms with van der Waals surface area (Å²) in [4.78, 5) is 10.2. The van der Waals surface area contributed by atoms with Crippen LogP contribution in [0.4, 0.5) is 0 Å². The first kappa shape index (κ1) is 20.1. The minimum absolute atomic E-state index is 0.0130. The SMILES string of the molecule is [2H]c1cc([2H])c2oc3ccc([2H])c(C4=NC(c5ccc(-c6ccc7ccccc7c6)c(-c6c([2H])c([2H])c([2H])c([2H])c6[2H])c5)N=C(c5cccc(-c6c([2H])c([2H])c([2H])c([2H])c6[2H])c5)N4)c3c2c1. The Morgan fingerprint density at radius 3 is 2.13 bits per heavy atom. The third-order valence-corrected chi connectivity index (χ3v) is 9.27. The molecule has 4 nitrogen and oxygen atoms in total. The fourth-order valence-electron chi connectivity index (χ4n) is 6.79. The van der Waals surface area contributed by atoms with Crippen LogP contribution in [0.25, 0.3) is 66.1 Å². The van der Waals surface area contributed by atoms with Crippen LogP contribution in [-0.4, -0.2) is 11.7 Å². The van der Waals surface area contributed by atoms with Gasteiger partial charge in [-0.3, -0.25) is 0 Å². The van der Waals surface area contributed by atoms with Gasteiger partial charge in [-0.25, -0.2) is 9.98 Å². The molecule has 0 aliphatic carbocycles. The van der Waals surface area contributed by atoms with Crippen molar-refractivity contribution in [3.8, 4) is 33.4 Å². The van der Waals surface area contributed by atoms with Crippen LogP contribution in [0.1, 0.15) is 40.7 Å². The van der Waals surface area contributed by atoms with E-state index in [1.807, 2.05) is 42.5 Å². The first-order chi connectivity index (χ1) is 31.6. The molecule has 1 aliphatic rings. The zero-order valence-electron chi connectivity index (χ0n) is 40.8. The highest BCUT2D eigenvalue weighted by molar-refractivity contribution is 6.23. The highest BCUT2D eigenvalue weighted by Crippen LogP contribution is 2.38. The summed E-state index contributed by atoms with van der Waals surface area (Å²) in [7, 11) is 0. The Balaban J connectivity index is 1.23. The summed E-state index contributed by atoms with van der Waals surface area (Å²) in [5.41, 5.74) is 3.59. The molecule has 0 amide bonds. The number of rotatable bonds is 6. The van der Waals surface area contributed by atoms with Crippen molar-refractivity contribution in [3.63, 3.8) is 0 Å². The number of furan rings is 1. The maximum Gasteiger partial charge on any atom is 0.169 e. The van der Waals surface area contributed by atoms with Gasteiger partial charge in [0.25, 0.3) is 0 Å². The molecule has 1 aliphatic heterocycles. The molecule has 1 aromatic heterocycles. The number of amidine groups is 2. The first-order valence-corrected chi connectivity index (χ1v) is 16.9. The van der Waals surface area contributed by atoms with Gasteiger partial charge >= 0.3 is 0 Å². The summed E-state index contributed by atoms with van der Waals surface area (Å²) in [5.74, 6) is 0.370. The fourth-order valence-corrected chi connectivity index (χ4v) is 6.79. The number of nitrogens with one attached hydrogen (secondary N) is 1. The Bertz CT molecular complexity index is 3580. The molecular weight excluding hydrogens is 647 g/mol. The molecule has 0 saturated heterocycles. The summed E-state index contributed by atoms with van der Waals surface area (Å²) in [6, 6.07) is 27.1. The predicted octanol–water partition coefficient (Wildman–Crippen LogP) is 12.2. The molecule has 0 saturated carbocycles. The third-order valence-electron chi connectivity index (χ3n) is 9.27. The zero-order valence-corrected chi connectivity index (χ0v) is 27.8. The topological polar surface area (TPSA) is 49.9 Å². The second-order valence-corrected chi connectivity index (χ2v) is 12.4. The number of nitrogens with zero attached hydrogens (tertiary/aromatic N) is 2. The molecule has 0 radical (unpaired) electrons. The van der Waals surface area contributed by atoms with Gasteiger partial charge in [-0.2, -0.15) is 0 Å². The van der Waals surface area contributed by atoms with E-state index in [1.54, 1.807) is 54.6 Å². The van der Waals surface area contributed by atoms with E-state index in [1.165, 1.54) is 12.1 Å². The molecule has 1 unspecified atom stereocenters. The van der Waals surface area contributed by atoms with Crippen molar-refractivity contribution >= 4 is 44.4 Å². The summed E-state index contributed by atoms with van der Waals surface area (Å²) in [6.07, 6.45) is -1.11. The molecule has 2 heterocycles. The van der Waals surface area contributed by atoms with E-state index in [0.29, 0.717) is 44.2 Å². The standard InChI is InChI=1S/C49H33N3O/c1-3-13-32(14-4-1)36-19-11-20-38(30-36)47-50-48(52-49(51-47)42-22-12-24-45-46(42)41-21-9-10-23-44(41)53-45)39-27-28-40(43(31-39)34-16-5-2-6-17-34)37-26-25-33-15-7-8-18-35(33)29-37/h1-31,48H,(H,50,51,52)/i1D,2D,3D,4D,5D,6D,9D,13D,14D,16D,17D,22D,23D. The zero-order chi connectivity index (χ0) is 46.5. The van der Waals surface area contributed by atoms with Crippen molar-refractivity contribution in [2.75, 3.05) is 0 Å². The maximum atomic E-state index is 9.25. The summed E-state index contributed by atoms with van der Waals surface area (Å²) in [5, 5.41) is 6.06. The molecule has 250 valence electrons. The molecule has 0 fully saturated rings. The predicted molar refractivity (Wildman–Crippen MR) is 219 cm³/mol. The highest BCUT2D eigenvalue weighted by Gasteiger charge is 2.24. The van der Waals surface area contributed by atoms with Crippen molar-refractivity contribution in [1.29, 1.82) is 0 Å². The van der Waals surface area contributed by atoms with Crippen LogP contribution in [0.5, 0.6) is 0 Å². The van der Waals surface area contributed by atoms with E-state index in [2.05, 4.69) is 5.32 Å². The van der Waals surface area contributed by atoms with E-state index in [0.717, 1.165) is 16.3 Å². The lowest BCUT2D eigenvalue weighted by atomic mass is 9.91. The van der Waals surface area contributed by atoms with E-state index < -0.39 is 54.5 Å². The minimum Gasteiger partial charge on any atom is -0.456 e. The lowest BCUT2D eigenvalue weighted by Gasteiger charge is -2.24. The van der Waals surface area contributed by atoms with Gasteiger partial charge < -0.3 is 9.73 Å². The second kappa shape index (κ2) is 12.9. The van der Waals surface area contributed by atoms with Crippen LogP contribution in [0.3, 0.4) is 0 Å². The van der Waals surface area contributed by atoms with Crippen molar-refractivity contribution in [3.05, 3.63) is 204 Å². The van der Waals surface area contributed by atoms with Crippen molar-refractivity contribution < 1.29 is 22.2 Å². The molecule has 0 spiro atoms. The van der Waals surface area contributed by atoms with Gasteiger partial charge in [-0.15, -0.1) is 0 Å². The third kappa shape index (κ3) is 5.67. The lowest BCUT2D eigenvalue weighted by molar-refractivity contribution is 0.669. The summed E-state index contributed by atoms with van der Waals surface area (Å²) in [6.45, 7) is 0. The fraction of sp³-hybridized carbons (Fsp3) is 0.0204. The largest absolute Gasteiger partial charge is 0.456 e. The summed E-state index contributed by atoms with van der Waals surface area (Å²) < 4.78 is 118. The van der Waals surface area contributed by atoms with Crippen LogP contribution in [0, 0.1) is 0 Å². The summed E-state index contributed by atoms with van der Waals surface area (Å²) >= 11 is 0. The van der Waals surface area contributed by atoms with E-state index in [-0.39, 0.29) is 64.2 Å². The van der Waals surface area contributed by atoms with Gasteiger partial charge in [0.15, 0.2) is 6.17 Å². The molecule has 0 bridgehead atoms. The average Bonchev–Trinajstić information content (AvgIpc) is 3.70. The Labute approximate surface area is 325 Å². The van der Waals surface area contributed by atoms with Gasteiger partial charge in [-0.05, 0) is 80.0 Å². The minimum atomic E-state index is -1.11. The molecule has 53 heavy (non-hydrogen) atoms. The molecule has 4 heteroatoms.